The SMILES string of the molecule is CNS(=O)(=O)c1ccc2c(c1)C(=Cc1c(OC)cccc1OC)C(=O)N2. The Morgan fingerprint density at radius 1 is 1.08 bits per heavy atom. The summed E-state index contributed by atoms with van der Waals surface area (Å²) in [6, 6.07) is 9.76. The lowest BCUT2D eigenvalue weighted by molar-refractivity contribution is -0.110. The molecule has 0 unspecified atom stereocenters. The first-order valence-corrected chi connectivity index (χ1v) is 9.21. The highest BCUT2D eigenvalue weighted by Crippen LogP contribution is 2.38. The third-order valence-electron chi connectivity index (χ3n) is 4.11. The minimum atomic E-state index is -3.62. The lowest BCUT2D eigenvalue weighted by Crippen LogP contribution is -2.18. The van der Waals surface area contributed by atoms with Gasteiger partial charge in [0.25, 0.3) is 5.91 Å². The Bertz CT molecular complexity index is 990. The average molecular weight is 374 g/mol. The Morgan fingerprint density at radius 2 is 1.73 bits per heavy atom. The normalized spacial score (nSPS) is 14.9. The van der Waals surface area contributed by atoms with Crippen LogP contribution >= 0.6 is 0 Å². The van der Waals surface area contributed by atoms with Crippen LogP contribution in [0, 0.1) is 0 Å². The van der Waals surface area contributed by atoms with Crippen LogP contribution in [0.2, 0.25) is 0 Å². The average Bonchev–Trinajstić information content (AvgIpc) is 2.96. The Balaban J connectivity index is 2.19. The van der Waals surface area contributed by atoms with E-state index in [9.17, 15) is 13.2 Å². The quantitative estimate of drug-likeness (QED) is 0.782. The van der Waals surface area contributed by atoms with Crippen molar-refractivity contribution in [2.75, 3.05) is 26.6 Å². The highest BCUT2D eigenvalue weighted by atomic mass is 32.2. The Labute approximate surface area is 151 Å². The molecule has 7 nitrogen and oxygen atoms in total. The number of rotatable bonds is 5. The fourth-order valence-electron chi connectivity index (χ4n) is 2.76. The number of hydrogen-bond donors (Lipinski definition) is 2. The van der Waals surface area contributed by atoms with E-state index >= 15 is 0 Å². The summed E-state index contributed by atoms with van der Waals surface area (Å²) in [5, 5.41) is 2.74. The molecule has 136 valence electrons. The molecule has 0 atom stereocenters. The fourth-order valence-corrected chi connectivity index (χ4v) is 3.52. The Morgan fingerprint density at radius 3 is 2.31 bits per heavy atom. The molecule has 2 aromatic rings. The van der Waals surface area contributed by atoms with Crippen LogP contribution in [0.4, 0.5) is 5.69 Å². The van der Waals surface area contributed by atoms with E-state index in [0.29, 0.717) is 33.9 Å². The summed E-state index contributed by atoms with van der Waals surface area (Å²) < 4.78 is 37.1. The van der Waals surface area contributed by atoms with Crippen molar-refractivity contribution in [3.05, 3.63) is 47.5 Å². The van der Waals surface area contributed by atoms with Crippen LogP contribution in [-0.2, 0) is 14.8 Å². The number of amides is 1. The molecule has 0 spiro atoms. The Kier molecular flexibility index (Phi) is 4.71. The zero-order chi connectivity index (χ0) is 18.9. The van der Waals surface area contributed by atoms with E-state index in [1.165, 1.54) is 33.4 Å². The zero-order valence-corrected chi connectivity index (χ0v) is 15.3. The molecule has 1 amide bonds. The standard InChI is InChI=1S/C18H18N2O5S/c1-19-26(22,23)11-7-8-15-12(9-11)13(18(21)20-15)10-14-16(24-2)5-4-6-17(14)25-3/h4-10,19H,1-3H3,(H,20,21). The van der Waals surface area contributed by atoms with Gasteiger partial charge in [0, 0.05) is 16.8 Å². The molecule has 1 aliphatic heterocycles. The summed E-state index contributed by atoms with van der Waals surface area (Å²) in [6.07, 6.45) is 1.63. The molecule has 0 fully saturated rings. The highest BCUT2D eigenvalue weighted by Gasteiger charge is 2.27. The van der Waals surface area contributed by atoms with Crippen molar-refractivity contribution in [3.8, 4) is 11.5 Å². The van der Waals surface area contributed by atoms with Gasteiger partial charge < -0.3 is 14.8 Å². The molecule has 0 saturated heterocycles. The number of anilines is 1. The van der Waals surface area contributed by atoms with Crippen molar-refractivity contribution in [3.63, 3.8) is 0 Å². The molecule has 0 saturated carbocycles. The van der Waals surface area contributed by atoms with Crippen molar-refractivity contribution < 1.29 is 22.7 Å². The smallest absolute Gasteiger partial charge is 0.256 e. The number of sulfonamides is 1. The first-order valence-electron chi connectivity index (χ1n) is 7.73. The molecule has 8 heteroatoms. The van der Waals surface area contributed by atoms with E-state index in [1.807, 2.05) is 0 Å². The maximum absolute atomic E-state index is 12.4. The van der Waals surface area contributed by atoms with Crippen LogP contribution in [0.15, 0.2) is 41.3 Å². The molecule has 2 aromatic carbocycles. The van der Waals surface area contributed by atoms with Gasteiger partial charge in [-0.25, -0.2) is 13.1 Å². The largest absolute Gasteiger partial charge is 0.496 e. The number of carbonyl (C=O) groups is 1. The molecule has 1 heterocycles. The minimum absolute atomic E-state index is 0.0770. The summed E-state index contributed by atoms with van der Waals surface area (Å²) in [6.45, 7) is 0. The third-order valence-corrected chi connectivity index (χ3v) is 5.52. The van der Waals surface area contributed by atoms with Crippen molar-refractivity contribution in [2.45, 2.75) is 4.90 Å². The van der Waals surface area contributed by atoms with Crippen molar-refractivity contribution in [2.24, 2.45) is 0 Å². The molecule has 26 heavy (non-hydrogen) atoms. The predicted octanol–water partition coefficient (Wildman–Crippen LogP) is 2.10. The van der Waals surface area contributed by atoms with Gasteiger partial charge in [-0.2, -0.15) is 0 Å². The highest BCUT2D eigenvalue weighted by molar-refractivity contribution is 7.89. The summed E-state index contributed by atoms with van der Waals surface area (Å²) >= 11 is 0. The maximum atomic E-state index is 12.4. The Hall–Kier alpha value is -2.84. The van der Waals surface area contributed by atoms with E-state index in [0.717, 1.165) is 0 Å². The number of benzene rings is 2. The second-order valence-electron chi connectivity index (χ2n) is 5.50. The number of carbonyl (C=O) groups excluding carboxylic acids is 1. The molecule has 0 aliphatic carbocycles. The van der Waals surface area contributed by atoms with Gasteiger partial charge in [0.2, 0.25) is 10.0 Å². The molecule has 0 aromatic heterocycles. The van der Waals surface area contributed by atoms with Crippen LogP contribution in [-0.4, -0.2) is 35.6 Å². The summed E-state index contributed by atoms with van der Waals surface area (Å²) in [4.78, 5) is 12.5. The lowest BCUT2D eigenvalue weighted by Gasteiger charge is -2.10. The van der Waals surface area contributed by atoms with Crippen LogP contribution in [0.5, 0.6) is 11.5 Å². The number of nitrogens with one attached hydrogen (secondary N) is 2. The predicted molar refractivity (Wildman–Crippen MR) is 98.7 cm³/mol. The summed E-state index contributed by atoms with van der Waals surface area (Å²) in [5.41, 5.74) is 1.97. The van der Waals surface area contributed by atoms with Gasteiger partial charge in [-0.05, 0) is 43.5 Å². The van der Waals surface area contributed by atoms with Gasteiger partial charge in [0.05, 0.1) is 24.7 Å². The third kappa shape index (κ3) is 3.04. The number of hydrogen-bond acceptors (Lipinski definition) is 5. The van der Waals surface area contributed by atoms with E-state index in [-0.39, 0.29) is 10.8 Å². The topological polar surface area (TPSA) is 93.7 Å². The van der Waals surface area contributed by atoms with Gasteiger partial charge >= 0.3 is 0 Å². The van der Waals surface area contributed by atoms with Gasteiger partial charge in [-0.1, -0.05) is 6.07 Å². The van der Waals surface area contributed by atoms with Crippen LogP contribution in [0.3, 0.4) is 0 Å². The maximum Gasteiger partial charge on any atom is 0.256 e. The molecule has 0 bridgehead atoms. The number of methoxy groups -OCH3 is 2. The van der Waals surface area contributed by atoms with Gasteiger partial charge in [0.1, 0.15) is 11.5 Å². The second-order valence-corrected chi connectivity index (χ2v) is 7.39. The molecule has 3 rings (SSSR count). The van der Waals surface area contributed by atoms with E-state index < -0.39 is 10.0 Å². The molecule has 1 aliphatic rings. The lowest BCUT2D eigenvalue weighted by atomic mass is 10.0. The first-order chi connectivity index (χ1) is 12.4. The van der Waals surface area contributed by atoms with Gasteiger partial charge in [-0.15, -0.1) is 0 Å². The minimum Gasteiger partial charge on any atom is -0.496 e. The molecule has 0 radical (unpaired) electrons. The van der Waals surface area contributed by atoms with Crippen molar-refractivity contribution >= 4 is 33.3 Å². The molecular weight excluding hydrogens is 356 g/mol. The summed E-state index contributed by atoms with van der Waals surface area (Å²) in [7, 11) is 0.761. The number of ether oxygens (including phenoxy) is 2. The fraction of sp³-hybridized carbons (Fsp3) is 0.167. The first kappa shape index (κ1) is 18.0. The van der Waals surface area contributed by atoms with Crippen molar-refractivity contribution in [1.82, 2.24) is 4.72 Å². The van der Waals surface area contributed by atoms with Crippen LogP contribution < -0.4 is 19.5 Å². The van der Waals surface area contributed by atoms with E-state index in [1.54, 1.807) is 30.3 Å². The summed E-state index contributed by atoms with van der Waals surface area (Å²) in [5.74, 6) is 0.751. The molecule has 2 N–H and O–H groups in total. The zero-order valence-electron chi connectivity index (χ0n) is 14.5. The van der Waals surface area contributed by atoms with Gasteiger partial charge in [-0.3, -0.25) is 4.79 Å². The monoisotopic (exact) mass is 374 g/mol. The van der Waals surface area contributed by atoms with Crippen LogP contribution in [0.1, 0.15) is 11.1 Å². The van der Waals surface area contributed by atoms with Crippen LogP contribution in [0.25, 0.3) is 11.6 Å². The number of fused-ring (bicyclic) bond motifs is 1. The van der Waals surface area contributed by atoms with Crippen molar-refractivity contribution in [1.29, 1.82) is 0 Å². The second kappa shape index (κ2) is 6.81. The molecular formula is C18H18N2O5S. The van der Waals surface area contributed by atoms with Gasteiger partial charge in [0.15, 0.2) is 0 Å². The van der Waals surface area contributed by atoms with E-state index in [2.05, 4.69) is 10.0 Å². The van der Waals surface area contributed by atoms with E-state index in [4.69, 9.17) is 9.47 Å².